The van der Waals surface area contributed by atoms with E-state index in [2.05, 4.69) is 21.2 Å². The maximum Gasteiger partial charge on any atom is 0.266 e. The van der Waals surface area contributed by atoms with Crippen molar-refractivity contribution in [2.75, 3.05) is 13.6 Å². The van der Waals surface area contributed by atoms with Gasteiger partial charge < -0.3 is 20.4 Å². The zero-order valence-corrected chi connectivity index (χ0v) is 31.6. The van der Waals surface area contributed by atoms with Gasteiger partial charge in [0.25, 0.3) is 11.8 Å². The summed E-state index contributed by atoms with van der Waals surface area (Å²) >= 11 is 0. The number of carbonyl (C=O) groups is 7. The van der Waals surface area contributed by atoms with Gasteiger partial charge in [0.05, 0.1) is 0 Å². The highest BCUT2D eigenvalue weighted by Crippen LogP contribution is 2.26. The third kappa shape index (κ3) is 8.55. The summed E-state index contributed by atoms with van der Waals surface area (Å²) in [5.41, 5.74) is 4.12. The fourth-order valence-corrected chi connectivity index (χ4v) is 7.80. The van der Waals surface area contributed by atoms with Crippen molar-refractivity contribution in [3.05, 3.63) is 71.8 Å². The summed E-state index contributed by atoms with van der Waals surface area (Å²) < 4.78 is 0. The number of hydrazone groups is 1. The summed E-state index contributed by atoms with van der Waals surface area (Å²) in [5, 5.41) is 12.2. The molecule has 0 unspecified atom stereocenters. The van der Waals surface area contributed by atoms with E-state index in [4.69, 9.17) is 0 Å². The summed E-state index contributed by atoms with van der Waals surface area (Å²) in [5.74, 6) is -4.38. The third-order valence-corrected chi connectivity index (χ3v) is 11.2. The van der Waals surface area contributed by atoms with Gasteiger partial charge >= 0.3 is 0 Å². The standard InChI is InChI=1S/C40H50N8O7/c1-4-25(2)34-40(55)47-30(17-11-21-41-47)39(54)48-31(19-20-33(49)44-48)37(52)45(3)32(24-27-15-9-6-10-16-27)38(53)46-22-12-18-29(46)36(51)42-28(35(50)43-34)23-26-13-7-5-8-14-26/h5-10,13-16,21,25,28-32,34H,4,11-12,17-20,22-24H2,1-3H3,(H,42,51)(H,43,50)(H,44,49)/t25-,28+,29-,30+,31-,32+,34-/m0/s1. The van der Waals surface area contributed by atoms with Crippen LogP contribution in [0.3, 0.4) is 0 Å². The van der Waals surface area contributed by atoms with Crippen molar-refractivity contribution in [2.45, 2.75) is 108 Å². The lowest BCUT2D eigenvalue weighted by atomic mass is 9.95. The molecule has 0 radical (unpaired) electrons. The van der Waals surface area contributed by atoms with Gasteiger partial charge in [-0.05, 0) is 49.1 Å². The zero-order valence-electron chi connectivity index (χ0n) is 31.6. The van der Waals surface area contributed by atoms with Crippen LogP contribution >= 0.6 is 0 Å². The lowest BCUT2D eigenvalue weighted by Gasteiger charge is -2.42. The zero-order chi connectivity index (χ0) is 39.2. The van der Waals surface area contributed by atoms with Crippen LogP contribution in [0.1, 0.15) is 69.9 Å². The fourth-order valence-electron chi connectivity index (χ4n) is 7.80. The molecule has 2 aromatic rings. The molecule has 0 aliphatic carbocycles. The summed E-state index contributed by atoms with van der Waals surface area (Å²) in [6.07, 6.45) is 3.52. The molecule has 2 aromatic carbocycles. The molecule has 4 heterocycles. The van der Waals surface area contributed by atoms with Crippen LogP contribution in [0.2, 0.25) is 0 Å². The Morgan fingerprint density at radius 2 is 1.42 bits per heavy atom. The summed E-state index contributed by atoms with van der Waals surface area (Å²) in [7, 11) is 1.49. The van der Waals surface area contributed by atoms with Crippen molar-refractivity contribution < 1.29 is 33.6 Å². The molecular weight excluding hydrogens is 704 g/mol. The second kappa shape index (κ2) is 17.2. The van der Waals surface area contributed by atoms with Crippen LogP contribution in [0.5, 0.6) is 0 Å². The highest BCUT2D eigenvalue weighted by molar-refractivity contribution is 6.00. The van der Waals surface area contributed by atoms with E-state index in [-0.39, 0.29) is 38.6 Å². The number of fused-ring (bicyclic) bond motifs is 3. The quantitative estimate of drug-likeness (QED) is 0.398. The van der Waals surface area contributed by atoms with Crippen molar-refractivity contribution in [1.29, 1.82) is 0 Å². The van der Waals surface area contributed by atoms with Gasteiger partial charge in [-0.1, -0.05) is 80.9 Å². The van der Waals surface area contributed by atoms with Gasteiger partial charge in [-0.2, -0.15) is 5.10 Å². The summed E-state index contributed by atoms with van der Waals surface area (Å²) in [6.45, 7) is 3.92. The largest absolute Gasteiger partial charge is 0.342 e. The number of amides is 7. The smallest absolute Gasteiger partial charge is 0.266 e. The van der Waals surface area contributed by atoms with Crippen LogP contribution in [-0.4, -0.2) is 117 Å². The number of nitrogens with zero attached hydrogens (tertiary/aromatic N) is 5. The van der Waals surface area contributed by atoms with Crippen LogP contribution < -0.4 is 16.1 Å². The predicted molar refractivity (Wildman–Crippen MR) is 201 cm³/mol. The van der Waals surface area contributed by atoms with E-state index >= 15 is 0 Å². The minimum atomic E-state index is -1.20. The second-order valence-corrected chi connectivity index (χ2v) is 14.8. The van der Waals surface area contributed by atoms with Crippen molar-refractivity contribution in [3.8, 4) is 0 Å². The topological polar surface area (TPSA) is 181 Å². The molecule has 0 aromatic heterocycles. The minimum Gasteiger partial charge on any atom is -0.342 e. The van der Waals surface area contributed by atoms with Crippen LogP contribution in [0.25, 0.3) is 0 Å². The Hall–Kier alpha value is -5.60. The van der Waals surface area contributed by atoms with Crippen LogP contribution in [-0.2, 0) is 46.4 Å². The van der Waals surface area contributed by atoms with Gasteiger partial charge in [0.1, 0.15) is 36.3 Å². The maximum atomic E-state index is 14.7. The van der Waals surface area contributed by atoms with Gasteiger partial charge in [-0.3, -0.25) is 39.0 Å². The van der Waals surface area contributed by atoms with E-state index in [1.165, 1.54) is 23.1 Å². The first-order valence-corrected chi connectivity index (χ1v) is 19.2. The Labute approximate surface area is 320 Å². The first kappa shape index (κ1) is 39.1. The normalized spacial score (nSPS) is 27.7. The van der Waals surface area contributed by atoms with Crippen LogP contribution in [0, 0.1) is 5.92 Å². The third-order valence-electron chi connectivity index (χ3n) is 11.2. The van der Waals surface area contributed by atoms with Crippen molar-refractivity contribution >= 4 is 47.6 Å². The van der Waals surface area contributed by atoms with E-state index in [1.54, 1.807) is 6.92 Å². The molecule has 15 nitrogen and oxygen atoms in total. The molecule has 55 heavy (non-hydrogen) atoms. The van der Waals surface area contributed by atoms with Crippen molar-refractivity contribution in [3.63, 3.8) is 0 Å². The average Bonchev–Trinajstić information content (AvgIpc) is 3.71. The number of rotatable bonds is 6. The number of hydrazine groups is 1. The van der Waals surface area contributed by atoms with E-state index in [1.807, 2.05) is 67.6 Å². The van der Waals surface area contributed by atoms with Gasteiger partial charge in [-0.25, -0.2) is 10.0 Å². The summed E-state index contributed by atoms with van der Waals surface area (Å²) in [4.78, 5) is 102. The Morgan fingerprint density at radius 1 is 0.745 bits per heavy atom. The van der Waals surface area contributed by atoms with E-state index in [0.29, 0.717) is 25.7 Å². The Kier molecular flexibility index (Phi) is 12.3. The lowest BCUT2D eigenvalue weighted by Crippen LogP contribution is -2.67. The van der Waals surface area contributed by atoms with Crippen LogP contribution in [0.4, 0.5) is 0 Å². The van der Waals surface area contributed by atoms with Gasteiger partial charge in [0, 0.05) is 39.1 Å². The maximum absolute atomic E-state index is 14.7. The first-order chi connectivity index (χ1) is 26.5. The molecule has 15 heteroatoms. The molecule has 3 N–H and O–H groups in total. The number of carbonyl (C=O) groups excluding carboxylic acids is 7. The monoisotopic (exact) mass is 754 g/mol. The van der Waals surface area contributed by atoms with Gasteiger partial charge in [0.2, 0.25) is 29.5 Å². The molecule has 0 spiro atoms. The van der Waals surface area contributed by atoms with E-state index in [0.717, 1.165) is 21.1 Å². The minimum absolute atomic E-state index is 0.0139. The molecule has 3 saturated heterocycles. The average molecular weight is 755 g/mol. The number of likely N-dealkylation sites (N-methyl/N-ethyl adjacent to an activating group) is 1. The molecular formula is C40H50N8O7. The Bertz CT molecular complexity index is 1810. The predicted octanol–water partition coefficient (Wildman–Crippen LogP) is 1.32. The van der Waals surface area contributed by atoms with E-state index < -0.39 is 83.5 Å². The summed E-state index contributed by atoms with van der Waals surface area (Å²) in [6, 6.07) is 11.7. The lowest BCUT2D eigenvalue weighted by molar-refractivity contribution is -0.164. The molecule has 4 aliphatic heterocycles. The second-order valence-electron chi connectivity index (χ2n) is 14.8. The van der Waals surface area contributed by atoms with Crippen LogP contribution in [0.15, 0.2) is 65.8 Å². The highest BCUT2D eigenvalue weighted by Gasteiger charge is 2.47. The van der Waals surface area contributed by atoms with Gasteiger partial charge in [0.15, 0.2) is 0 Å². The first-order valence-electron chi connectivity index (χ1n) is 19.2. The highest BCUT2D eigenvalue weighted by atomic mass is 16.2. The molecule has 4 aliphatic rings. The van der Waals surface area contributed by atoms with Crippen molar-refractivity contribution in [1.82, 2.24) is 35.9 Å². The Morgan fingerprint density at radius 3 is 2.09 bits per heavy atom. The number of nitrogens with one attached hydrogen (secondary N) is 3. The van der Waals surface area contributed by atoms with E-state index in [9.17, 15) is 33.6 Å². The molecule has 0 bridgehead atoms. The Balaban J connectivity index is 1.44. The fraction of sp³-hybridized carbons (Fsp3) is 0.500. The number of hydrogen-bond acceptors (Lipinski definition) is 8. The number of benzene rings is 2. The van der Waals surface area contributed by atoms with Crippen molar-refractivity contribution in [2.24, 2.45) is 11.0 Å². The molecule has 7 atom stereocenters. The molecule has 3 fully saturated rings. The van der Waals surface area contributed by atoms with Gasteiger partial charge in [-0.15, -0.1) is 0 Å². The number of hydrogen-bond donors (Lipinski definition) is 3. The molecule has 6 rings (SSSR count). The molecule has 0 saturated carbocycles. The molecule has 7 amide bonds. The molecule has 292 valence electrons. The SMILES string of the molecule is CC[C@H](C)[C@@H]1NC(=O)[C@@H](Cc2ccccc2)NC(=O)[C@@H]2CCCN2C(=O)[C@@H](Cc2ccccc2)N(C)C(=O)[C@@H]2CCC(=O)NN2C(=O)[C@H]2CCC=NN2C1=O.